The minimum Gasteiger partial charge on any atom is -0.478 e. The Kier molecular flexibility index (Phi) is 20.1. The molecule has 26 heavy (non-hydrogen) atoms. The Balaban J connectivity index is -0.00000264. The van der Waals surface area contributed by atoms with Gasteiger partial charge in [0.2, 0.25) is 0 Å². The molecule has 0 atom stereocenters. The molecule has 0 aliphatic carbocycles. The first kappa shape index (κ1) is 29.9. The molecule has 0 spiro atoms. The topological polar surface area (TPSA) is 74.6 Å². The second-order valence-corrected chi connectivity index (χ2v) is 5.23. The van der Waals surface area contributed by atoms with E-state index < -0.39 is 11.9 Å². The van der Waals surface area contributed by atoms with Crippen molar-refractivity contribution in [3.05, 3.63) is 83.1 Å². The summed E-state index contributed by atoms with van der Waals surface area (Å²) in [6, 6.07) is 0. The summed E-state index contributed by atoms with van der Waals surface area (Å²) in [6.45, 7) is 6.92. The van der Waals surface area contributed by atoms with Gasteiger partial charge >= 0.3 is 11.9 Å². The van der Waals surface area contributed by atoms with Gasteiger partial charge in [0.05, 0.1) is 0 Å². The summed E-state index contributed by atoms with van der Waals surface area (Å²) in [7, 11) is 0. The van der Waals surface area contributed by atoms with Crippen LogP contribution in [0.2, 0.25) is 0 Å². The predicted octanol–water partition coefficient (Wildman–Crippen LogP) is 3.85. The van der Waals surface area contributed by atoms with E-state index >= 15 is 0 Å². The van der Waals surface area contributed by atoms with Crippen molar-refractivity contribution >= 4 is 71.1 Å². The van der Waals surface area contributed by atoms with E-state index in [9.17, 15) is 9.59 Å². The van der Waals surface area contributed by atoms with Gasteiger partial charge in [-0.3, -0.25) is 0 Å². The molecule has 0 aliphatic heterocycles. The van der Waals surface area contributed by atoms with Gasteiger partial charge < -0.3 is 10.2 Å². The van der Waals surface area contributed by atoms with Crippen molar-refractivity contribution in [3.63, 3.8) is 0 Å². The van der Waals surface area contributed by atoms with Gasteiger partial charge in [0, 0.05) is 70.3 Å². The van der Waals surface area contributed by atoms with Gasteiger partial charge in [-0.25, -0.2) is 9.59 Å². The summed E-state index contributed by atoms with van der Waals surface area (Å²) in [6.07, 6.45) is 17.7. The van der Waals surface area contributed by atoms with Crippen molar-refractivity contribution in [2.45, 2.75) is 27.7 Å². The molecule has 0 aliphatic rings. The van der Waals surface area contributed by atoms with Crippen molar-refractivity contribution < 1.29 is 19.8 Å². The number of hydrogen-bond donors (Lipinski definition) is 2. The van der Waals surface area contributed by atoms with Crippen LogP contribution in [0, 0.1) is 0 Å². The van der Waals surface area contributed by atoms with E-state index in [1.54, 1.807) is 38.2 Å². The normalized spacial score (nSPS) is 13.8. The standard InChI is InChI=1S/C20H24O4.2Na/c1-15(11-7-13-17(3)19(21)22)9-5-6-10-16(2)12-8-14-18(4)20(23)24;;/h5-14H,1-4H3,(H,21,22)(H,23,24);;/b6-5+,11-7+,12-8+,15-9+,16-10+,17-13+,18-14+;;. The summed E-state index contributed by atoms with van der Waals surface area (Å²) in [5.41, 5.74) is 2.55. The first-order valence-electron chi connectivity index (χ1n) is 7.42. The Hall–Kier alpha value is -0.880. The minimum absolute atomic E-state index is 0. The molecule has 0 amide bonds. The average Bonchev–Trinajstić information content (AvgIpc) is 2.51. The largest absolute Gasteiger partial charge is 0.478 e. The molecule has 2 N–H and O–H groups in total. The smallest absolute Gasteiger partial charge is 0.331 e. The number of carboxylic acids is 2. The molecule has 0 unspecified atom stereocenters. The summed E-state index contributed by atoms with van der Waals surface area (Å²) in [5.74, 6) is -1.86. The zero-order valence-corrected chi connectivity index (χ0v) is 20.5. The fourth-order valence-electron chi connectivity index (χ4n) is 1.36. The molecule has 0 saturated heterocycles. The maximum atomic E-state index is 10.6. The van der Waals surface area contributed by atoms with Crippen molar-refractivity contribution in [1.82, 2.24) is 0 Å². The summed E-state index contributed by atoms with van der Waals surface area (Å²) in [4.78, 5) is 21.2. The number of carbonyl (C=O) groups is 2. The van der Waals surface area contributed by atoms with Crippen molar-refractivity contribution in [3.8, 4) is 0 Å². The number of hydrogen-bond acceptors (Lipinski definition) is 2. The van der Waals surface area contributed by atoms with E-state index in [0.29, 0.717) is 0 Å². The third-order valence-corrected chi connectivity index (χ3v) is 2.91. The van der Waals surface area contributed by atoms with E-state index in [4.69, 9.17) is 10.2 Å². The molecule has 6 heteroatoms. The van der Waals surface area contributed by atoms with Crippen molar-refractivity contribution in [2.24, 2.45) is 0 Å². The van der Waals surface area contributed by atoms with E-state index in [1.165, 1.54) is 0 Å². The van der Waals surface area contributed by atoms with Crippen LogP contribution in [-0.4, -0.2) is 81.3 Å². The van der Waals surface area contributed by atoms with Gasteiger partial charge in [0.15, 0.2) is 0 Å². The van der Waals surface area contributed by atoms with Gasteiger partial charge in [-0.1, -0.05) is 71.9 Å². The monoisotopic (exact) mass is 374 g/mol. The first-order chi connectivity index (χ1) is 11.2. The minimum atomic E-state index is -0.928. The van der Waals surface area contributed by atoms with E-state index in [1.807, 2.05) is 50.3 Å². The molecule has 4 nitrogen and oxygen atoms in total. The number of aliphatic carboxylic acids is 2. The van der Waals surface area contributed by atoms with Gasteiger partial charge in [0.25, 0.3) is 0 Å². The van der Waals surface area contributed by atoms with Gasteiger partial charge in [-0.2, -0.15) is 0 Å². The van der Waals surface area contributed by atoms with Crippen LogP contribution >= 0.6 is 0 Å². The van der Waals surface area contributed by atoms with Crippen LogP contribution in [0.1, 0.15) is 27.7 Å². The zero-order valence-electron chi connectivity index (χ0n) is 16.5. The number of carboxylic acid groups (broad SMARTS) is 2. The molecule has 0 aromatic carbocycles. The van der Waals surface area contributed by atoms with Gasteiger partial charge in [0.1, 0.15) is 0 Å². The van der Waals surface area contributed by atoms with Crippen molar-refractivity contribution in [1.29, 1.82) is 0 Å². The van der Waals surface area contributed by atoms with E-state index in [2.05, 4.69) is 0 Å². The van der Waals surface area contributed by atoms with Crippen LogP contribution in [0.15, 0.2) is 83.1 Å². The maximum Gasteiger partial charge on any atom is 0.331 e. The molecular formula is C20H24Na2O4. The third-order valence-electron chi connectivity index (χ3n) is 2.91. The molecule has 0 rings (SSSR count). The van der Waals surface area contributed by atoms with Crippen LogP contribution in [0.4, 0.5) is 0 Å². The van der Waals surface area contributed by atoms with Crippen molar-refractivity contribution in [2.75, 3.05) is 0 Å². The molecule has 0 aromatic rings. The fourth-order valence-corrected chi connectivity index (χ4v) is 1.36. The van der Waals surface area contributed by atoms with Gasteiger partial charge in [-0.05, 0) is 27.7 Å². The Morgan fingerprint density at radius 3 is 1.15 bits per heavy atom. The second kappa shape index (κ2) is 17.5. The Morgan fingerprint density at radius 1 is 0.577 bits per heavy atom. The summed E-state index contributed by atoms with van der Waals surface area (Å²) < 4.78 is 0. The molecule has 0 heterocycles. The molecular weight excluding hydrogens is 350 g/mol. The second-order valence-electron chi connectivity index (χ2n) is 5.23. The zero-order chi connectivity index (χ0) is 18.5. The summed E-state index contributed by atoms with van der Waals surface area (Å²) in [5, 5.41) is 17.4. The summed E-state index contributed by atoms with van der Waals surface area (Å²) >= 11 is 0. The fraction of sp³-hybridized carbons (Fsp3) is 0.200. The van der Waals surface area contributed by atoms with Gasteiger partial charge in [-0.15, -0.1) is 0 Å². The molecule has 0 aromatic heterocycles. The average molecular weight is 374 g/mol. The Bertz CT molecular complexity index is 618. The van der Waals surface area contributed by atoms with Crippen LogP contribution in [0.5, 0.6) is 0 Å². The van der Waals surface area contributed by atoms with Crippen LogP contribution < -0.4 is 0 Å². The van der Waals surface area contributed by atoms with E-state index in [-0.39, 0.29) is 70.3 Å². The maximum absolute atomic E-state index is 10.6. The van der Waals surface area contributed by atoms with Crippen LogP contribution in [0.3, 0.4) is 0 Å². The molecule has 0 saturated carbocycles. The molecule has 130 valence electrons. The third kappa shape index (κ3) is 16.6. The molecule has 0 fully saturated rings. The van der Waals surface area contributed by atoms with Crippen LogP contribution in [-0.2, 0) is 9.59 Å². The number of allylic oxidation sites excluding steroid dienone is 12. The Morgan fingerprint density at radius 2 is 0.885 bits per heavy atom. The molecule has 2 radical (unpaired) electrons. The predicted molar refractivity (Wildman–Crippen MR) is 109 cm³/mol. The first-order valence-corrected chi connectivity index (χ1v) is 7.42. The quantitative estimate of drug-likeness (QED) is 0.384. The Labute approximate surface area is 200 Å². The van der Waals surface area contributed by atoms with E-state index in [0.717, 1.165) is 11.1 Å². The SMILES string of the molecule is CC(/C=C/C=C(\C)C(=O)O)=C\C=C\C=C(C)\C=C\C=C(/C)C(=O)O.[Na].[Na]. The molecule has 0 bridgehead atoms. The number of rotatable bonds is 8. The van der Waals surface area contributed by atoms with Crippen LogP contribution in [0.25, 0.3) is 0 Å².